The van der Waals surface area contributed by atoms with Crippen LogP contribution in [0.5, 0.6) is 0 Å². The van der Waals surface area contributed by atoms with Crippen molar-refractivity contribution in [1.29, 1.82) is 0 Å². The molecule has 5 nitrogen and oxygen atoms in total. The predicted octanol–water partition coefficient (Wildman–Crippen LogP) is 1.26. The van der Waals surface area contributed by atoms with Crippen LogP contribution in [0, 0.1) is 0 Å². The topological polar surface area (TPSA) is 67.6 Å². The highest BCUT2D eigenvalue weighted by molar-refractivity contribution is 5.85. The zero-order chi connectivity index (χ0) is 15.5. The van der Waals surface area contributed by atoms with E-state index in [1.807, 2.05) is 0 Å². The van der Waals surface area contributed by atoms with Gasteiger partial charge in [-0.25, -0.2) is 0 Å². The minimum atomic E-state index is -0.516. The molecule has 0 radical (unpaired) electrons. The normalized spacial score (nSPS) is 34.5. The van der Waals surface area contributed by atoms with Crippen LogP contribution in [0.15, 0.2) is 0 Å². The summed E-state index contributed by atoms with van der Waals surface area (Å²) < 4.78 is 5.79. The molecule has 1 heterocycles. The Labute approximate surface area is 128 Å². The third kappa shape index (κ3) is 3.96. The van der Waals surface area contributed by atoms with Gasteiger partial charge in [-0.2, -0.15) is 0 Å². The van der Waals surface area contributed by atoms with E-state index in [1.165, 1.54) is 6.42 Å². The third-order valence-electron chi connectivity index (χ3n) is 4.85. The summed E-state index contributed by atoms with van der Waals surface area (Å²) in [6, 6.07) is 0.723. The Morgan fingerprint density at radius 1 is 1.48 bits per heavy atom. The number of hydrogen-bond donors (Lipinski definition) is 2. The first-order chi connectivity index (χ1) is 9.97. The van der Waals surface area contributed by atoms with E-state index in [-0.39, 0.29) is 11.9 Å². The molecule has 122 valence electrons. The number of rotatable bonds is 6. The van der Waals surface area contributed by atoms with Crippen molar-refractivity contribution < 1.29 is 9.53 Å². The molecule has 2 rings (SSSR count). The van der Waals surface area contributed by atoms with Gasteiger partial charge >= 0.3 is 0 Å². The van der Waals surface area contributed by atoms with Gasteiger partial charge in [0.25, 0.3) is 0 Å². The number of hydrogen-bond acceptors (Lipinski definition) is 4. The Bertz CT molecular complexity index is 359. The molecule has 2 fully saturated rings. The first-order valence-electron chi connectivity index (χ1n) is 8.40. The molecular formula is C16H31N3O2. The highest BCUT2D eigenvalue weighted by Crippen LogP contribution is 2.35. The minimum absolute atomic E-state index is 0.197. The van der Waals surface area contributed by atoms with E-state index in [1.54, 1.807) is 0 Å². The lowest BCUT2D eigenvalue weighted by Crippen LogP contribution is -2.57. The van der Waals surface area contributed by atoms with Crippen LogP contribution in [-0.4, -0.2) is 54.2 Å². The van der Waals surface area contributed by atoms with Crippen LogP contribution >= 0.6 is 0 Å². The maximum atomic E-state index is 12.0. The van der Waals surface area contributed by atoms with Gasteiger partial charge in [0, 0.05) is 25.2 Å². The molecule has 3 unspecified atom stereocenters. The summed E-state index contributed by atoms with van der Waals surface area (Å²) in [6.45, 7) is 9.09. The molecule has 21 heavy (non-hydrogen) atoms. The highest BCUT2D eigenvalue weighted by Gasteiger charge is 2.46. The molecule has 0 bridgehead atoms. The van der Waals surface area contributed by atoms with E-state index in [4.69, 9.17) is 10.5 Å². The predicted molar refractivity (Wildman–Crippen MR) is 84.1 cm³/mol. The van der Waals surface area contributed by atoms with Gasteiger partial charge in [0.2, 0.25) is 5.91 Å². The molecule has 0 aromatic rings. The lowest BCUT2D eigenvalue weighted by Gasteiger charge is -2.37. The van der Waals surface area contributed by atoms with Crippen LogP contribution in [0.2, 0.25) is 0 Å². The first-order valence-corrected chi connectivity index (χ1v) is 8.40. The molecule has 1 saturated carbocycles. The number of piperidine rings is 1. The molecule has 1 aliphatic heterocycles. The number of ether oxygens (including phenoxy) is 1. The summed E-state index contributed by atoms with van der Waals surface area (Å²) in [4.78, 5) is 14.5. The van der Waals surface area contributed by atoms with E-state index in [0.717, 1.165) is 45.4 Å². The van der Waals surface area contributed by atoms with Gasteiger partial charge in [-0.3, -0.25) is 9.69 Å². The van der Waals surface area contributed by atoms with Crippen molar-refractivity contribution in [2.45, 2.75) is 76.6 Å². The second-order valence-electron chi connectivity index (χ2n) is 6.86. The Morgan fingerprint density at radius 3 is 2.86 bits per heavy atom. The minimum Gasteiger partial charge on any atom is -0.377 e. The van der Waals surface area contributed by atoms with Gasteiger partial charge in [0.15, 0.2) is 0 Å². The fraction of sp³-hybridized carbons (Fsp3) is 0.938. The first kappa shape index (κ1) is 16.7. The largest absolute Gasteiger partial charge is 0.377 e. The summed E-state index contributed by atoms with van der Waals surface area (Å²) >= 11 is 0. The number of primary amides is 1. The Kier molecular flexibility index (Phi) is 5.63. The standard InChI is InChI=1S/C16H31N3O2/c1-4-21-14-6-5-9-19(11-14)13-7-8-16(10-13,15(17)20)18-12(2)3/h12-14,18H,4-11H2,1-3H3,(H2,17,20). The Balaban J connectivity index is 1.98. The molecule has 0 spiro atoms. The molecule has 0 aromatic heterocycles. The van der Waals surface area contributed by atoms with Crippen LogP contribution < -0.4 is 11.1 Å². The molecule has 5 heteroatoms. The van der Waals surface area contributed by atoms with Gasteiger partial charge in [-0.05, 0) is 59.4 Å². The molecule has 0 aromatic carbocycles. The van der Waals surface area contributed by atoms with E-state index in [0.29, 0.717) is 12.1 Å². The number of carbonyl (C=O) groups excluding carboxylic acids is 1. The molecule has 3 atom stereocenters. The number of likely N-dealkylation sites (tertiary alicyclic amines) is 1. The van der Waals surface area contributed by atoms with Crippen LogP contribution in [-0.2, 0) is 9.53 Å². The maximum Gasteiger partial charge on any atom is 0.237 e. The summed E-state index contributed by atoms with van der Waals surface area (Å²) in [5.74, 6) is -0.197. The van der Waals surface area contributed by atoms with Crippen molar-refractivity contribution in [1.82, 2.24) is 10.2 Å². The van der Waals surface area contributed by atoms with Gasteiger partial charge in [-0.1, -0.05) is 0 Å². The van der Waals surface area contributed by atoms with Gasteiger partial charge < -0.3 is 15.8 Å². The molecule has 2 aliphatic rings. The van der Waals surface area contributed by atoms with Crippen LogP contribution in [0.25, 0.3) is 0 Å². The summed E-state index contributed by atoms with van der Waals surface area (Å²) in [6.07, 6.45) is 5.41. The lowest BCUT2D eigenvalue weighted by molar-refractivity contribution is -0.124. The fourth-order valence-corrected chi connectivity index (χ4v) is 3.98. The fourth-order valence-electron chi connectivity index (χ4n) is 3.98. The van der Waals surface area contributed by atoms with E-state index in [9.17, 15) is 4.79 Å². The zero-order valence-corrected chi connectivity index (χ0v) is 13.7. The number of carbonyl (C=O) groups is 1. The quantitative estimate of drug-likeness (QED) is 0.774. The van der Waals surface area contributed by atoms with E-state index in [2.05, 4.69) is 31.0 Å². The SMILES string of the molecule is CCOC1CCCN(C2CCC(NC(C)C)(C(N)=O)C2)C1. The highest BCUT2D eigenvalue weighted by atomic mass is 16.5. The van der Waals surface area contributed by atoms with Crippen LogP contribution in [0.1, 0.15) is 52.9 Å². The van der Waals surface area contributed by atoms with Crippen molar-refractivity contribution in [3.8, 4) is 0 Å². The van der Waals surface area contributed by atoms with Crippen LogP contribution in [0.4, 0.5) is 0 Å². The van der Waals surface area contributed by atoms with E-state index >= 15 is 0 Å². The van der Waals surface area contributed by atoms with Crippen molar-refractivity contribution >= 4 is 5.91 Å². The second kappa shape index (κ2) is 7.07. The van der Waals surface area contributed by atoms with Gasteiger partial charge in [0.1, 0.15) is 0 Å². The molecule has 1 amide bonds. The van der Waals surface area contributed by atoms with Gasteiger partial charge in [0.05, 0.1) is 11.6 Å². The number of nitrogens with one attached hydrogen (secondary N) is 1. The van der Waals surface area contributed by atoms with Crippen LogP contribution in [0.3, 0.4) is 0 Å². The monoisotopic (exact) mass is 297 g/mol. The van der Waals surface area contributed by atoms with Crippen molar-refractivity contribution in [2.75, 3.05) is 19.7 Å². The molecule has 1 saturated heterocycles. The van der Waals surface area contributed by atoms with E-state index < -0.39 is 5.54 Å². The average Bonchev–Trinajstić information content (AvgIpc) is 2.84. The molecular weight excluding hydrogens is 266 g/mol. The average molecular weight is 297 g/mol. The number of nitrogens with two attached hydrogens (primary N) is 1. The van der Waals surface area contributed by atoms with Crippen molar-refractivity contribution in [2.24, 2.45) is 5.73 Å². The second-order valence-corrected chi connectivity index (χ2v) is 6.86. The summed E-state index contributed by atoms with van der Waals surface area (Å²) in [7, 11) is 0. The lowest BCUT2D eigenvalue weighted by atomic mass is 9.94. The summed E-state index contributed by atoms with van der Waals surface area (Å²) in [5, 5.41) is 3.43. The molecule has 1 aliphatic carbocycles. The smallest absolute Gasteiger partial charge is 0.237 e. The number of amides is 1. The van der Waals surface area contributed by atoms with Gasteiger partial charge in [-0.15, -0.1) is 0 Å². The Morgan fingerprint density at radius 2 is 2.24 bits per heavy atom. The van der Waals surface area contributed by atoms with Crippen molar-refractivity contribution in [3.05, 3.63) is 0 Å². The Hall–Kier alpha value is -0.650. The summed E-state index contributed by atoms with van der Waals surface area (Å²) in [5.41, 5.74) is 5.19. The zero-order valence-electron chi connectivity index (χ0n) is 13.7. The maximum absolute atomic E-state index is 12.0. The third-order valence-corrected chi connectivity index (χ3v) is 4.85. The van der Waals surface area contributed by atoms with Crippen molar-refractivity contribution in [3.63, 3.8) is 0 Å². The number of nitrogens with zero attached hydrogens (tertiary/aromatic N) is 1. The molecule has 3 N–H and O–H groups in total.